The van der Waals surface area contributed by atoms with Gasteiger partial charge >= 0.3 is 0 Å². The summed E-state index contributed by atoms with van der Waals surface area (Å²) < 4.78 is 13.0. The van der Waals surface area contributed by atoms with Crippen LogP contribution in [-0.2, 0) is 13.1 Å². The third kappa shape index (κ3) is 4.61. The molecule has 0 spiro atoms. The Morgan fingerprint density at radius 2 is 1.86 bits per heavy atom. The molecule has 1 N–H and O–H groups in total. The summed E-state index contributed by atoms with van der Waals surface area (Å²) in [6, 6.07) is 12.5. The van der Waals surface area contributed by atoms with Crippen molar-refractivity contribution in [1.82, 2.24) is 9.88 Å². The first kappa shape index (κ1) is 16.6. The lowest BCUT2D eigenvalue weighted by Gasteiger charge is -2.29. The van der Waals surface area contributed by atoms with Gasteiger partial charge in [0.25, 0.3) is 0 Å². The number of nitrogens with zero attached hydrogens (tertiary/aromatic N) is 2. The van der Waals surface area contributed by atoms with Gasteiger partial charge < -0.3 is 5.11 Å². The minimum Gasteiger partial charge on any atom is -0.395 e. The van der Waals surface area contributed by atoms with Gasteiger partial charge in [0.15, 0.2) is 0 Å². The highest BCUT2D eigenvalue weighted by Crippen LogP contribution is 2.15. The first-order valence-electron chi connectivity index (χ1n) is 7.64. The van der Waals surface area contributed by atoms with Crippen LogP contribution in [0.5, 0.6) is 0 Å². The van der Waals surface area contributed by atoms with Crippen molar-refractivity contribution in [3.05, 3.63) is 65.2 Å². The lowest BCUT2D eigenvalue weighted by atomic mass is 10.1. The monoisotopic (exact) mass is 302 g/mol. The summed E-state index contributed by atoms with van der Waals surface area (Å²) in [5, 5.41) is 9.63. The van der Waals surface area contributed by atoms with E-state index in [1.165, 1.54) is 12.1 Å². The molecule has 0 bridgehead atoms. The highest BCUT2D eigenvalue weighted by Gasteiger charge is 2.17. The molecule has 22 heavy (non-hydrogen) atoms. The maximum absolute atomic E-state index is 13.0. The molecule has 0 aliphatic carbocycles. The van der Waals surface area contributed by atoms with E-state index in [9.17, 15) is 9.50 Å². The van der Waals surface area contributed by atoms with Gasteiger partial charge in [0.05, 0.1) is 12.3 Å². The highest BCUT2D eigenvalue weighted by molar-refractivity contribution is 5.16. The van der Waals surface area contributed by atoms with E-state index < -0.39 is 0 Å². The number of aliphatic hydroxyl groups excluding tert-OH is 1. The Hall–Kier alpha value is -1.78. The van der Waals surface area contributed by atoms with Crippen LogP contribution >= 0.6 is 0 Å². The molecule has 0 saturated carbocycles. The SMILES string of the molecule is CC[C@@H](CO)N(Cc1ccc(F)cc1)Cc1cccc(C)n1. The number of rotatable bonds is 7. The van der Waals surface area contributed by atoms with Crippen LogP contribution in [0, 0.1) is 12.7 Å². The molecule has 1 heterocycles. The Morgan fingerprint density at radius 3 is 2.45 bits per heavy atom. The third-order valence-corrected chi connectivity index (χ3v) is 3.81. The van der Waals surface area contributed by atoms with Crippen molar-refractivity contribution in [2.75, 3.05) is 6.61 Å². The van der Waals surface area contributed by atoms with Gasteiger partial charge in [-0.1, -0.05) is 25.1 Å². The van der Waals surface area contributed by atoms with Crippen molar-refractivity contribution in [3.8, 4) is 0 Å². The van der Waals surface area contributed by atoms with E-state index >= 15 is 0 Å². The summed E-state index contributed by atoms with van der Waals surface area (Å²) in [5.41, 5.74) is 2.99. The molecule has 0 fully saturated rings. The van der Waals surface area contributed by atoms with Gasteiger partial charge in [0, 0.05) is 24.8 Å². The average Bonchev–Trinajstić information content (AvgIpc) is 2.51. The summed E-state index contributed by atoms with van der Waals surface area (Å²) in [7, 11) is 0. The number of aryl methyl sites for hydroxylation is 1. The highest BCUT2D eigenvalue weighted by atomic mass is 19.1. The van der Waals surface area contributed by atoms with Crippen molar-refractivity contribution in [1.29, 1.82) is 0 Å². The molecule has 2 rings (SSSR count). The van der Waals surface area contributed by atoms with E-state index in [1.54, 1.807) is 12.1 Å². The second-order valence-corrected chi connectivity index (χ2v) is 5.55. The van der Waals surface area contributed by atoms with Crippen molar-refractivity contribution < 1.29 is 9.50 Å². The van der Waals surface area contributed by atoms with Crippen LogP contribution in [0.4, 0.5) is 4.39 Å². The number of aromatic nitrogens is 1. The second kappa shape index (κ2) is 8.01. The van der Waals surface area contributed by atoms with Gasteiger partial charge in [-0.05, 0) is 43.2 Å². The smallest absolute Gasteiger partial charge is 0.123 e. The van der Waals surface area contributed by atoms with Crippen LogP contribution in [0.25, 0.3) is 0 Å². The Morgan fingerprint density at radius 1 is 1.14 bits per heavy atom. The molecule has 1 aromatic heterocycles. The first-order chi connectivity index (χ1) is 10.6. The molecule has 0 amide bonds. The van der Waals surface area contributed by atoms with Crippen molar-refractivity contribution in [2.24, 2.45) is 0 Å². The summed E-state index contributed by atoms with van der Waals surface area (Å²) in [5.74, 6) is -0.232. The number of hydrogen-bond acceptors (Lipinski definition) is 3. The summed E-state index contributed by atoms with van der Waals surface area (Å²) >= 11 is 0. The van der Waals surface area contributed by atoms with Gasteiger partial charge in [0.2, 0.25) is 0 Å². The van der Waals surface area contributed by atoms with Gasteiger partial charge in [-0.2, -0.15) is 0 Å². The summed E-state index contributed by atoms with van der Waals surface area (Å²) in [6.45, 7) is 5.45. The Bertz CT molecular complexity index is 582. The minimum atomic E-state index is -0.232. The third-order valence-electron chi connectivity index (χ3n) is 3.81. The topological polar surface area (TPSA) is 36.4 Å². The molecule has 3 nitrogen and oxygen atoms in total. The average molecular weight is 302 g/mol. The molecule has 0 unspecified atom stereocenters. The van der Waals surface area contributed by atoms with Gasteiger partial charge in [-0.15, -0.1) is 0 Å². The minimum absolute atomic E-state index is 0.0624. The predicted molar refractivity (Wildman–Crippen MR) is 85.8 cm³/mol. The zero-order chi connectivity index (χ0) is 15.9. The molecule has 1 aromatic carbocycles. The fourth-order valence-corrected chi connectivity index (χ4v) is 2.54. The van der Waals surface area contributed by atoms with E-state index in [0.29, 0.717) is 13.1 Å². The molecule has 2 aromatic rings. The van der Waals surface area contributed by atoms with Crippen molar-refractivity contribution >= 4 is 0 Å². The van der Waals surface area contributed by atoms with Gasteiger partial charge in [-0.3, -0.25) is 9.88 Å². The maximum atomic E-state index is 13.0. The predicted octanol–water partition coefficient (Wildman–Crippen LogP) is 3.30. The van der Waals surface area contributed by atoms with E-state index in [0.717, 1.165) is 23.4 Å². The fraction of sp³-hybridized carbons (Fsp3) is 0.389. The van der Waals surface area contributed by atoms with Gasteiger partial charge in [-0.25, -0.2) is 4.39 Å². The molecule has 0 aliphatic heterocycles. The van der Waals surface area contributed by atoms with Crippen molar-refractivity contribution in [2.45, 2.75) is 39.4 Å². The van der Waals surface area contributed by atoms with E-state index in [2.05, 4.69) is 16.8 Å². The Labute approximate surface area is 131 Å². The molecule has 118 valence electrons. The number of hydrogen-bond donors (Lipinski definition) is 1. The second-order valence-electron chi connectivity index (χ2n) is 5.55. The molecule has 1 atom stereocenters. The van der Waals surface area contributed by atoms with Crippen LogP contribution in [-0.4, -0.2) is 27.6 Å². The Balaban J connectivity index is 2.16. The number of benzene rings is 1. The first-order valence-corrected chi connectivity index (χ1v) is 7.64. The molecular formula is C18H23FN2O. The normalized spacial score (nSPS) is 12.6. The van der Waals surface area contributed by atoms with Crippen LogP contribution < -0.4 is 0 Å². The van der Waals surface area contributed by atoms with Crippen LogP contribution in [0.2, 0.25) is 0 Å². The molecule has 0 saturated heterocycles. The lowest BCUT2D eigenvalue weighted by molar-refractivity contribution is 0.105. The quantitative estimate of drug-likeness (QED) is 0.852. The molecular weight excluding hydrogens is 279 g/mol. The number of halogens is 1. The zero-order valence-electron chi connectivity index (χ0n) is 13.2. The van der Waals surface area contributed by atoms with E-state index in [-0.39, 0.29) is 18.5 Å². The van der Waals surface area contributed by atoms with Crippen LogP contribution in [0.3, 0.4) is 0 Å². The zero-order valence-corrected chi connectivity index (χ0v) is 13.2. The van der Waals surface area contributed by atoms with E-state index in [1.807, 2.05) is 25.1 Å². The van der Waals surface area contributed by atoms with Crippen LogP contribution in [0.15, 0.2) is 42.5 Å². The fourth-order valence-electron chi connectivity index (χ4n) is 2.54. The van der Waals surface area contributed by atoms with Gasteiger partial charge in [0.1, 0.15) is 5.82 Å². The van der Waals surface area contributed by atoms with Crippen LogP contribution in [0.1, 0.15) is 30.3 Å². The van der Waals surface area contributed by atoms with Crippen molar-refractivity contribution in [3.63, 3.8) is 0 Å². The standard InChI is InChI=1S/C18H23FN2O/c1-3-18(13-22)21(11-15-7-9-16(19)10-8-15)12-17-6-4-5-14(2)20-17/h4-10,18,22H,3,11-13H2,1-2H3/t18-/m0/s1. The Kier molecular flexibility index (Phi) is 6.04. The molecule has 0 aliphatic rings. The number of pyridine rings is 1. The lowest BCUT2D eigenvalue weighted by Crippen LogP contribution is -2.36. The maximum Gasteiger partial charge on any atom is 0.123 e. The molecule has 0 radical (unpaired) electrons. The number of aliphatic hydroxyl groups is 1. The largest absolute Gasteiger partial charge is 0.395 e. The molecule has 4 heteroatoms. The summed E-state index contributed by atoms with van der Waals surface area (Å²) in [4.78, 5) is 6.73. The summed E-state index contributed by atoms with van der Waals surface area (Å²) in [6.07, 6.45) is 0.851. The van der Waals surface area contributed by atoms with E-state index in [4.69, 9.17) is 0 Å².